The topological polar surface area (TPSA) is 29.3 Å². The number of hydrogen-bond donors (Lipinski definition) is 1. The fourth-order valence-corrected chi connectivity index (χ4v) is 2.71. The standard InChI is InChI=1S/C12H24N2/c1-3-8-14(11-6-7-11)12(2,9-13)10-4-5-10/h10-11H,3-9,13H2,1-2H3. The summed E-state index contributed by atoms with van der Waals surface area (Å²) in [4.78, 5) is 2.71. The van der Waals surface area contributed by atoms with Crippen LogP contribution in [0.2, 0.25) is 0 Å². The molecule has 2 fully saturated rings. The van der Waals surface area contributed by atoms with Gasteiger partial charge in [0.15, 0.2) is 0 Å². The van der Waals surface area contributed by atoms with Crippen LogP contribution in [0, 0.1) is 5.92 Å². The van der Waals surface area contributed by atoms with Crippen molar-refractivity contribution >= 4 is 0 Å². The van der Waals surface area contributed by atoms with Crippen LogP contribution in [0.4, 0.5) is 0 Å². The SMILES string of the molecule is CCCN(C1CC1)C(C)(CN)C1CC1. The monoisotopic (exact) mass is 196 g/mol. The summed E-state index contributed by atoms with van der Waals surface area (Å²) in [5.41, 5.74) is 6.32. The first kappa shape index (κ1) is 10.4. The van der Waals surface area contributed by atoms with Crippen molar-refractivity contribution < 1.29 is 0 Å². The van der Waals surface area contributed by atoms with E-state index in [1.165, 1.54) is 38.6 Å². The molecule has 2 saturated carbocycles. The average molecular weight is 196 g/mol. The van der Waals surface area contributed by atoms with Gasteiger partial charge >= 0.3 is 0 Å². The zero-order valence-electron chi connectivity index (χ0n) is 9.63. The van der Waals surface area contributed by atoms with E-state index in [0.29, 0.717) is 5.54 Å². The van der Waals surface area contributed by atoms with Crippen molar-refractivity contribution in [2.75, 3.05) is 13.1 Å². The molecule has 0 aromatic carbocycles. The Morgan fingerprint density at radius 3 is 2.29 bits per heavy atom. The van der Waals surface area contributed by atoms with E-state index < -0.39 is 0 Å². The van der Waals surface area contributed by atoms with Gasteiger partial charge < -0.3 is 5.73 Å². The van der Waals surface area contributed by atoms with E-state index >= 15 is 0 Å². The van der Waals surface area contributed by atoms with Gasteiger partial charge in [-0.05, 0) is 51.5 Å². The van der Waals surface area contributed by atoms with Gasteiger partial charge in [0, 0.05) is 18.1 Å². The van der Waals surface area contributed by atoms with E-state index in [1.54, 1.807) is 0 Å². The summed E-state index contributed by atoms with van der Waals surface area (Å²) in [5.74, 6) is 0.889. The van der Waals surface area contributed by atoms with Crippen LogP contribution in [0.3, 0.4) is 0 Å². The Morgan fingerprint density at radius 1 is 1.29 bits per heavy atom. The van der Waals surface area contributed by atoms with Crippen LogP contribution in [0.25, 0.3) is 0 Å². The average Bonchev–Trinajstić information content (AvgIpc) is 3.05. The van der Waals surface area contributed by atoms with Gasteiger partial charge in [0.1, 0.15) is 0 Å². The Hall–Kier alpha value is -0.0800. The fourth-order valence-electron chi connectivity index (χ4n) is 2.71. The van der Waals surface area contributed by atoms with E-state index in [1.807, 2.05) is 0 Å². The normalized spacial score (nSPS) is 26.6. The first-order valence-corrected chi connectivity index (χ1v) is 6.19. The molecule has 0 amide bonds. The predicted molar refractivity (Wildman–Crippen MR) is 60.2 cm³/mol. The van der Waals surface area contributed by atoms with Crippen LogP contribution >= 0.6 is 0 Å². The molecule has 2 heteroatoms. The molecule has 0 radical (unpaired) electrons. The number of hydrogen-bond acceptors (Lipinski definition) is 2. The third kappa shape index (κ3) is 1.82. The lowest BCUT2D eigenvalue weighted by Crippen LogP contribution is -2.54. The minimum atomic E-state index is 0.317. The van der Waals surface area contributed by atoms with Crippen molar-refractivity contribution in [3.8, 4) is 0 Å². The third-order valence-electron chi connectivity index (χ3n) is 3.98. The maximum atomic E-state index is 6.00. The number of nitrogens with zero attached hydrogens (tertiary/aromatic N) is 1. The summed E-state index contributed by atoms with van der Waals surface area (Å²) in [6, 6.07) is 0.865. The van der Waals surface area contributed by atoms with Crippen molar-refractivity contribution in [1.29, 1.82) is 0 Å². The van der Waals surface area contributed by atoms with E-state index in [0.717, 1.165) is 18.5 Å². The van der Waals surface area contributed by atoms with Gasteiger partial charge in [-0.1, -0.05) is 6.92 Å². The molecule has 0 aromatic heterocycles. The summed E-state index contributed by atoms with van der Waals surface area (Å²) < 4.78 is 0. The molecule has 82 valence electrons. The third-order valence-corrected chi connectivity index (χ3v) is 3.98. The van der Waals surface area contributed by atoms with Crippen LogP contribution in [0.1, 0.15) is 46.0 Å². The molecule has 0 heterocycles. The number of nitrogens with two attached hydrogens (primary N) is 1. The summed E-state index contributed by atoms with van der Waals surface area (Å²) >= 11 is 0. The summed E-state index contributed by atoms with van der Waals surface area (Å²) in [7, 11) is 0. The van der Waals surface area contributed by atoms with Gasteiger partial charge in [0.25, 0.3) is 0 Å². The molecule has 0 aromatic rings. The highest BCUT2D eigenvalue weighted by atomic mass is 15.3. The maximum Gasteiger partial charge on any atom is 0.0334 e. The van der Waals surface area contributed by atoms with E-state index in [-0.39, 0.29) is 0 Å². The van der Waals surface area contributed by atoms with Gasteiger partial charge in [0.05, 0.1) is 0 Å². The largest absolute Gasteiger partial charge is 0.329 e. The summed E-state index contributed by atoms with van der Waals surface area (Å²) in [5, 5.41) is 0. The molecule has 0 spiro atoms. The molecule has 2 aliphatic rings. The van der Waals surface area contributed by atoms with E-state index in [4.69, 9.17) is 5.73 Å². The molecule has 0 saturated heterocycles. The molecule has 0 aliphatic heterocycles. The zero-order valence-corrected chi connectivity index (χ0v) is 9.63. The van der Waals surface area contributed by atoms with E-state index in [9.17, 15) is 0 Å². The second-order valence-corrected chi connectivity index (χ2v) is 5.26. The maximum absolute atomic E-state index is 6.00. The molecule has 2 nitrogen and oxygen atoms in total. The number of rotatable bonds is 6. The van der Waals surface area contributed by atoms with Gasteiger partial charge in [-0.3, -0.25) is 4.90 Å². The highest BCUT2D eigenvalue weighted by Gasteiger charge is 2.48. The predicted octanol–water partition coefficient (Wildman–Crippen LogP) is 1.99. The Bertz CT molecular complexity index is 196. The van der Waals surface area contributed by atoms with Crippen LogP contribution in [-0.4, -0.2) is 29.6 Å². The van der Waals surface area contributed by atoms with Crippen LogP contribution in [0.15, 0.2) is 0 Å². The lowest BCUT2D eigenvalue weighted by Gasteiger charge is -2.41. The Morgan fingerprint density at radius 2 is 1.93 bits per heavy atom. The highest BCUT2D eigenvalue weighted by Crippen LogP contribution is 2.46. The van der Waals surface area contributed by atoms with Gasteiger partial charge in [0.2, 0.25) is 0 Å². The zero-order chi connectivity index (χ0) is 10.2. The van der Waals surface area contributed by atoms with Crippen LogP contribution in [-0.2, 0) is 0 Å². The second kappa shape index (κ2) is 3.82. The van der Waals surface area contributed by atoms with Crippen molar-refractivity contribution in [1.82, 2.24) is 4.90 Å². The fraction of sp³-hybridized carbons (Fsp3) is 1.00. The second-order valence-electron chi connectivity index (χ2n) is 5.26. The Labute approximate surface area is 87.8 Å². The molecule has 2 N–H and O–H groups in total. The Kier molecular flexibility index (Phi) is 2.85. The minimum absolute atomic E-state index is 0.317. The minimum Gasteiger partial charge on any atom is -0.329 e. The quantitative estimate of drug-likeness (QED) is 0.704. The molecular weight excluding hydrogens is 172 g/mol. The Balaban J connectivity index is 2.04. The summed E-state index contributed by atoms with van der Waals surface area (Å²) in [6.07, 6.45) is 6.88. The van der Waals surface area contributed by atoms with Gasteiger partial charge in [-0.25, -0.2) is 0 Å². The van der Waals surface area contributed by atoms with Crippen molar-refractivity contribution in [2.24, 2.45) is 11.7 Å². The molecule has 1 atom stereocenters. The van der Waals surface area contributed by atoms with Gasteiger partial charge in [-0.2, -0.15) is 0 Å². The van der Waals surface area contributed by atoms with Crippen LogP contribution in [0.5, 0.6) is 0 Å². The molecule has 0 bridgehead atoms. The first-order valence-electron chi connectivity index (χ1n) is 6.19. The van der Waals surface area contributed by atoms with Gasteiger partial charge in [-0.15, -0.1) is 0 Å². The van der Waals surface area contributed by atoms with Crippen molar-refractivity contribution in [2.45, 2.75) is 57.5 Å². The van der Waals surface area contributed by atoms with Crippen LogP contribution < -0.4 is 5.73 Å². The molecule has 2 aliphatic carbocycles. The lowest BCUT2D eigenvalue weighted by molar-refractivity contribution is 0.0801. The van der Waals surface area contributed by atoms with E-state index in [2.05, 4.69) is 18.7 Å². The molecular formula is C12H24N2. The molecule has 2 rings (SSSR count). The molecule has 1 unspecified atom stereocenters. The lowest BCUT2D eigenvalue weighted by atomic mass is 9.93. The highest BCUT2D eigenvalue weighted by molar-refractivity contribution is 5.04. The summed E-state index contributed by atoms with van der Waals surface area (Å²) in [6.45, 7) is 6.75. The first-order chi connectivity index (χ1) is 6.72. The van der Waals surface area contributed by atoms with Crippen molar-refractivity contribution in [3.63, 3.8) is 0 Å². The smallest absolute Gasteiger partial charge is 0.0334 e. The molecule has 14 heavy (non-hydrogen) atoms. The van der Waals surface area contributed by atoms with Crippen molar-refractivity contribution in [3.05, 3.63) is 0 Å².